The van der Waals surface area contributed by atoms with E-state index in [9.17, 15) is 29.1 Å². The van der Waals surface area contributed by atoms with Crippen molar-refractivity contribution in [3.63, 3.8) is 0 Å². The van der Waals surface area contributed by atoms with E-state index in [-0.39, 0.29) is 24.7 Å². The summed E-state index contributed by atoms with van der Waals surface area (Å²) >= 11 is 0. The number of hydrogen-bond acceptors (Lipinski definition) is 6. The van der Waals surface area contributed by atoms with Gasteiger partial charge in [0.15, 0.2) is 0 Å². The highest BCUT2D eigenvalue weighted by Gasteiger charge is 2.30. The highest BCUT2D eigenvalue weighted by atomic mass is 16.4. The molecule has 0 aromatic rings. The van der Waals surface area contributed by atoms with Crippen molar-refractivity contribution in [1.82, 2.24) is 16.0 Å². The monoisotopic (exact) mass is 429 g/mol. The Morgan fingerprint density at radius 3 is 1.87 bits per heavy atom. The number of carboxylic acid groups (broad SMARTS) is 1. The first-order valence-electron chi connectivity index (χ1n) is 9.94. The van der Waals surface area contributed by atoms with Crippen molar-refractivity contribution in [3.05, 3.63) is 0 Å². The number of amides is 4. The topological polar surface area (TPSA) is 194 Å². The van der Waals surface area contributed by atoms with E-state index in [2.05, 4.69) is 16.0 Å². The molecule has 30 heavy (non-hydrogen) atoms. The summed E-state index contributed by atoms with van der Waals surface area (Å²) in [5.41, 5.74) is 10.8. The smallest absolute Gasteiger partial charge is 0.326 e. The van der Waals surface area contributed by atoms with Crippen molar-refractivity contribution < 1.29 is 29.1 Å². The van der Waals surface area contributed by atoms with Gasteiger partial charge in [0.1, 0.15) is 18.1 Å². The molecule has 0 aromatic carbocycles. The summed E-state index contributed by atoms with van der Waals surface area (Å²) in [6, 6.07) is -4.08. The minimum Gasteiger partial charge on any atom is -0.480 e. The lowest BCUT2D eigenvalue weighted by Gasteiger charge is -2.26. The van der Waals surface area contributed by atoms with Crippen LogP contribution in [-0.2, 0) is 24.0 Å². The average Bonchev–Trinajstić information content (AvgIpc) is 2.61. The van der Waals surface area contributed by atoms with E-state index in [0.29, 0.717) is 6.42 Å². The molecule has 0 saturated heterocycles. The Hall–Kier alpha value is -2.69. The predicted molar refractivity (Wildman–Crippen MR) is 110 cm³/mol. The van der Waals surface area contributed by atoms with Crippen molar-refractivity contribution in [2.75, 3.05) is 0 Å². The summed E-state index contributed by atoms with van der Waals surface area (Å²) in [6.07, 6.45) is 0.0735. The van der Waals surface area contributed by atoms with Gasteiger partial charge in [0.05, 0.1) is 6.04 Å². The lowest BCUT2D eigenvalue weighted by Crippen LogP contribution is -2.57. The van der Waals surface area contributed by atoms with Gasteiger partial charge in [0.2, 0.25) is 23.6 Å². The number of carboxylic acids is 1. The fourth-order valence-corrected chi connectivity index (χ4v) is 2.62. The Labute approximate surface area is 176 Å². The maximum absolute atomic E-state index is 12.5. The molecule has 4 atom stereocenters. The summed E-state index contributed by atoms with van der Waals surface area (Å²) in [5.74, 6) is -3.98. The van der Waals surface area contributed by atoms with Gasteiger partial charge in [-0.2, -0.15) is 0 Å². The van der Waals surface area contributed by atoms with E-state index >= 15 is 0 Å². The molecule has 0 aliphatic carbocycles. The Balaban J connectivity index is 5.01. The van der Waals surface area contributed by atoms with E-state index < -0.39 is 53.8 Å². The molecule has 11 nitrogen and oxygen atoms in total. The molecular formula is C19H35N5O6. The normalized spacial score (nSPS) is 15.1. The van der Waals surface area contributed by atoms with Crippen LogP contribution in [-0.4, -0.2) is 58.9 Å². The van der Waals surface area contributed by atoms with Crippen molar-refractivity contribution in [2.24, 2.45) is 23.3 Å². The number of rotatable bonds is 13. The zero-order chi connectivity index (χ0) is 23.6. The molecular weight excluding hydrogens is 394 g/mol. The third-order valence-corrected chi connectivity index (χ3v) is 4.36. The summed E-state index contributed by atoms with van der Waals surface area (Å²) in [7, 11) is 0. The Bertz CT molecular complexity index is 637. The second-order valence-corrected chi connectivity index (χ2v) is 8.10. The van der Waals surface area contributed by atoms with Gasteiger partial charge in [-0.15, -0.1) is 0 Å². The van der Waals surface area contributed by atoms with Gasteiger partial charge in [-0.05, 0) is 31.6 Å². The number of primary amides is 1. The highest BCUT2D eigenvalue weighted by Crippen LogP contribution is 2.06. The number of nitrogens with one attached hydrogen (secondary N) is 3. The molecule has 0 spiro atoms. The molecule has 11 heteroatoms. The van der Waals surface area contributed by atoms with Gasteiger partial charge >= 0.3 is 5.97 Å². The number of carbonyl (C=O) groups is 5. The molecule has 0 heterocycles. The molecule has 0 bridgehead atoms. The van der Waals surface area contributed by atoms with E-state index in [4.69, 9.17) is 11.5 Å². The van der Waals surface area contributed by atoms with Crippen molar-refractivity contribution in [3.8, 4) is 0 Å². The third kappa shape index (κ3) is 10.2. The standard InChI is InChI=1S/C19H35N5O6/c1-9(2)8-12(20)17(27)22-11(5)16(26)24-15(10(3)4)18(28)23-13(19(29)30)6-7-14(21)25/h9-13,15H,6-8,20H2,1-5H3,(H2,21,25)(H,22,27)(H,23,28)(H,24,26)(H,29,30). The maximum Gasteiger partial charge on any atom is 0.326 e. The molecule has 172 valence electrons. The highest BCUT2D eigenvalue weighted by molar-refractivity contribution is 5.94. The first-order valence-corrected chi connectivity index (χ1v) is 9.94. The van der Waals surface area contributed by atoms with Crippen LogP contribution >= 0.6 is 0 Å². The van der Waals surface area contributed by atoms with Crippen molar-refractivity contribution >= 4 is 29.6 Å². The summed E-state index contributed by atoms with van der Waals surface area (Å²) in [6.45, 7) is 8.64. The lowest BCUT2D eigenvalue weighted by molar-refractivity contribution is -0.143. The van der Waals surface area contributed by atoms with E-state index in [1.165, 1.54) is 6.92 Å². The van der Waals surface area contributed by atoms with E-state index in [1.807, 2.05) is 13.8 Å². The Morgan fingerprint density at radius 1 is 0.867 bits per heavy atom. The molecule has 4 unspecified atom stereocenters. The van der Waals surface area contributed by atoms with Crippen LogP contribution in [0.1, 0.15) is 53.9 Å². The number of carbonyl (C=O) groups excluding carboxylic acids is 4. The third-order valence-electron chi connectivity index (χ3n) is 4.36. The number of hydrogen-bond donors (Lipinski definition) is 6. The van der Waals surface area contributed by atoms with Crippen LogP contribution in [0.4, 0.5) is 0 Å². The average molecular weight is 430 g/mol. The molecule has 0 saturated carbocycles. The molecule has 0 aliphatic heterocycles. The van der Waals surface area contributed by atoms with Gasteiger partial charge in [-0.25, -0.2) is 4.79 Å². The summed E-state index contributed by atoms with van der Waals surface area (Å²) < 4.78 is 0. The first-order chi connectivity index (χ1) is 13.8. The largest absolute Gasteiger partial charge is 0.480 e. The quantitative estimate of drug-likeness (QED) is 0.212. The van der Waals surface area contributed by atoms with Crippen LogP contribution in [0.25, 0.3) is 0 Å². The van der Waals surface area contributed by atoms with Crippen molar-refractivity contribution in [2.45, 2.75) is 78.0 Å². The van der Waals surface area contributed by atoms with Crippen LogP contribution in [0, 0.1) is 11.8 Å². The number of aliphatic carboxylic acids is 1. The van der Waals surface area contributed by atoms with Crippen LogP contribution < -0.4 is 27.4 Å². The summed E-state index contributed by atoms with van der Waals surface area (Å²) in [5, 5.41) is 16.6. The van der Waals surface area contributed by atoms with E-state index in [1.54, 1.807) is 13.8 Å². The van der Waals surface area contributed by atoms with Gasteiger partial charge in [0.25, 0.3) is 0 Å². The molecule has 0 aliphatic rings. The first kappa shape index (κ1) is 27.3. The second-order valence-electron chi connectivity index (χ2n) is 8.10. The minimum atomic E-state index is -1.32. The lowest BCUT2D eigenvalue weighted by atomic mass is 10.0. The van der Waals surface area contributed by atoms with Gasteiger partial charge in [-0.3, -0.25) is 19.2 Å². The molecule has 8 N–H and O–H groups in total. The second kappa shape index (κ2) is 12.8. The van der Waals surface area contributed by atoms with Gasteiger partial charge < -0.3 is 32.5 Å². The maximum atomic E-state index is 12.5. The zero-order valence-corrected chi connectivity index (χ0v) is 18.2. The number of nitrogens with two attached hydrogens (primary N) is 2. The molecule has 0 fully saturated rings. The fourth-order valence-electron chi connectivity index (χ4n) is 2.62. The molecule has 0 aromatic heterocycles. The van der Waals surface area contributed by atoms with Crippen molar-refractivity contribution in [1.29, 1.82) is 0 Å². The predicted octanol–water partition coefficient (Wildman–Crippen LogP) is -1.16. The van der Waals surface area contributed by atoms with Crippen LogP contribution in [0.15, 0.2) is 0 Å². The fraction of sp³-hybridized carbons (Fsp3) is 0.737. The molecule has 0 rings (SSSR count). The molecule has 4 amide bonds. The van der Waals surface area contributed by atoms with Gasteiger partial charge in [0, 0.05) is 6.42 Å². The van der Waals surface area contributed by atoms with E-state index in [0.717, 1.165) is 0 Å². The Kier molecular flexibility index (Phi) is 11.6. The van der Waals surface area contributed by atoms with Crippen LogP contribution in [0.2, 0.25) is 0 Å². The van der Waals surface area contributed by atoms with Crippen LogP contribution in [0.3, 0.4) is 0 Å². The zero-order valence-electron chi connectivity index (χ0n) is 18.2. The van der Waals surface area contributed by atoms with Gasteiger partial charge in [-0.1, -0.05) is 27.7 Å². The summed E-state index contributed by atoms with van der Waals surface area (Å²) in [4.78, 5) is 59.3. The SMILES string of the molecule is CC(C)CC(N)C(=O)NC(C)C(=O)NC(C(=O)NC(CCC(N)=O)C(=O)O)C(C)C. The molecule has 0 radical (unpaired) electrons. The van der Waals surface area contributed by atoms with Crippen LogP contribution in [0.5, 0.6) is 0 Å². The Morgan fingerprint density at radius 2 is 1.43 bits per heavy atom. The minimum absolute atomic E-state index is 0.171.